The molecular formula is C17H16ClF3N2O3. The molecule has 0 aliphatic carbocycles. The quantitative estimate of drug-likeness (QED) is 0.806. The van der Waals surface area contributed by atoms with Gasteiger partial charge in [-0.25, -0.2) is 0 Å². The van der Waals surface area contributed by atoms with Crippen LogP contribution in [0.1, 0.15) is 29.0 Å². The van der Waals surface area contributed by atoms with E-state index in [2.05, 4.69) is 15.0 Å². The molecule has 0 aliphatic rings. The Morgan fingerprint density at radius 1 is 1.31 bits per heavy atom. The van der Waals surface area contributed by atoms with Crippen molar-refractivity contribution in [1.29, 1.82) is 0 Å². The lowest BCUT2D eigenvalue weighted by Gasteiger charge is -2.16. The van der Waals surface area contributed by atoms with E-state index < -0.39 is 24.7 Å². The van der Waals surface area contributed by atoms with Crippen molar-refractivity contribution in [2.24, 2.45) is 0 Å². The number of nitrogens with zero attached hydrogens (tertiary/aromatic N) is 1. The van der Waals surface area contributed by atoms with Crippen molar-refractivity contribution in [2.45, 2.75) is 19.1 Å². The number of hydrogen-bond donors (Lipinski definition) is 1. The van der Waals surface area contributed by atoms with Crippen LogP contribution in [0, 0.1) is 0 Å². The van der Waals surface area contributed by atoms with E-state index in [0.29, 0.717) is 16.5 Å². The lowest BCUT2D eigenvalue weighted by atomic mass is 10.1. The summed E-state index contributed by atoms with van der Waals surface area (Å²) in [6.45, 7) is 0.294. The van der Waals surface area contributed by atoms with Crippen molar-refractivity contribution in [3.8, 4) is 11.5 Å². The number of rotatable bonds is 6. The van der Waals surface area contributed by atoms with Gasteiger partial charge in [-0.05, 0) is 37.3 Å². The highest BCUT2D eigenvalue weighted by Gasteiger charge is 2.28. The zero-order valence-corrected chi connectivity index (χ0v) is 14.7. The molecule has 1 heterocycles. The highest BCUT2D eigenvalue weighted by Crippen LogP contribution is 2.24. The van der Waals surface area contributed by atoms with Crippen LogP contribution in [0.15, 0.2) is 36.5 Å². The molecule has 0 saturated carbocycles. The number of carbonyl (C=O) groups is 1. The van der Waals surface area contributed by atoms with Crippen LogP contribution in [-0.2, 0) is 0 Å². The van der Waals surface area contributed by atoms with Gasteiger partial charge in [-0.15, -0.1) is 0 Å². The smallest absolute Gasteiger partial charge is 0.422 e. The summed E-state index contributed by atoms with van der Waals surface area (Å²) in [6.07, 6.45) is -3.25. The molecule has 0 aliphatic heterocycles. The van der Waals surface area contributed by atoms with Gasteiger partial charge in [0.2, 0.25) is 0 Å². The Kier molecular flexibility index (Phi) is 6.31. The van der Waals surface area contributed by atoms with Gasteiger partial charge in [-0.2, -0.15) is 13.2 Å². The molecule has 2 aromatic rings. The first-order valence-electron chi connectivity index (χ1n) is 7.49. The van der Waals surface area contributed by atoms with Crippen molar-refractivity contribution in [1.82, 2.24) is 10.3 Å². The number of halogens is 4. The largest absolute Gasteiger partial charge is 0.496 e. The van der Waals surface area contributed by atoms with Crippen molar-refractivity contribution < 1.29 is 27.4 Å². The van der Waals surface area contributed by atoms with Crippen molar-refractivity contribution in [2.75, 3.05) is 13.7 Å². The molecule has 1 unspecified atom stereocenters. The van der Waals surface area contributed by atoms with Gasteiger partial charge >= 0.3 is 6.18 Å². The Bertz CT molecular complexity index is 767. The van der Waals surface area contributed by atoms with Crippen LogP contribution in [0.4, 0.5) is 13.2 Å². The Morgan fingerprint density at radius 3 is 2.62 bits per heavy atom. The molecule has 5 nitrogen and oxygen atoms in total. The SMILES string of the molecule is COc1ccc(Cl)cc1C(=O)NC(C)c1ccc(OCC(F)(F)F)cn1. The van der Waals surface area contributed by atoms with E-state index in [4.69, 9.17) is 16.3 Å². The fraction of sp³-hybridized carbons (Fsp3) is 0.294. The van der Waals surface area contributed by atoms with Crippen molar-refractivity contribution in [3.05, 3.63) is 52.8 Å². The standard InChI is InChI=1S/C17H16ClF3N2O3/c1-10(14-5-4-12(8-22-14)26-9-17(19,20)21)23-16(24)13-7-11(18)3-6-15(13)25-2/h3-8,10H,9H2,1-2H3,(H,23,24). The molecule has 0 spiro atoms. The summed E-state index contributed by atoms with van der Waals surface area (Å²) in [6, 6.07) is 6.99. The fourth-order valence-electron chi connectivity index (χ4n) is 2.10. The van der Waals surface area contributed by atoms with Crippen LogP contribution in [-0.4, -0.2) is 30.8 Å². The number of pyridine rings is 1. The van der Waals surface area contributed by atoms with Gasteiger partial charge in [0.1, 0.15) is 11.5 Å². The Labute approximate surface area is 153 Å². The monoisotopic (exact) mass is 388 g/mol. The van der Waals surface area contributed by atoms with Crippen LogP contribution in [0.3, 0.4) is 0 Å². The van der Waals surface area contributed by atoms with Gasteiger partial charge in [0.05, 0.1) is 30.6 Å². The molecule has 0 bridgehead atoms. The maximum atomic E-state index is 12.4. The number of benzene rings is 1. The van der Waals surface area contributed by atoms with Gasteiger partial charge in [0.25, 0.3) is 5.91 Å². The third-order valence-electron chi connectivity index (χ3n) is 3.36. The number of aromatic nitrogens is 1. The van der Waals surface area contributed by atoms with Crippen molar-refractivity contribution >= 4 is 17.5 Å². The van der Waals surface area contributed by atoms with E-state index in [1.54, 1.807) is 19.1 Å². The predicted octanol–water partition coefficient (Wildman–Crippen LogP) is 4.18. The molecule has 9 heteroatoms. The average molecular weight is 389 g/mol. The number of alkyl halides is 3. The Hall–Kier alpha value is -2.48. The maximum absolute atomic E-state index is 12.4. The topological polar surface area (TPSA) is 60.5 Å². The minimum atomic E-state index is -4.42. The molecule has 0 saturated heterocycles. The molecular weight excluding hydrogens is 373 g/mol. The molecule has 140 valence electrons. The average Bonchev–Trinajstić information content (AvgIpc) is 2.59. The molecule has 26 heavy (non-hydrogen) atoms. The van der Waals surface area contributed by atoms with E-state index in [1.807, 2.05) is 0 Å². The number of methoxy groups -OCH3 is 1. The van der Waals surface area contributed by atoms with Crippen LogP contribution in [0.2, 0.25) is 5.02 Å². The number of amides is 1. The summed E-state index contributed by atoms with van der Waals surface area (Å²) in [5.74, 6) is -0.0693. The molecule has 1 amide bonds. The zero-order chi connectivity index (χ0) is 19.3. The molecule has 0 radical (unpaired) electrons. The molecule has 2 rings (SSSR count). The van der Waals surface area contributed by atoms with E-state index in [-0.39, 0.29) is 11.3 Å². The predicted molar refractivity (Wildman–Crippen MR) is 89.7 cm³/mol. The third kappa shape index (κ3) is 5.52. The minimum Gasteiger partial charge on any atom is -0.496 e. The number of hydrogen-bond acceptors (Lipinski definition) is 4. The van der Waals surface area contributed by atoms with Crippen LogP contribution < -0.4 is 14.8 Å². The normalized spacial score (nSPS) is 12.4. The summed E-state index contributed by atoms with van der Waals surface area (Å²) < 4.78 is 46.1. The van der Waals surface area contributed by atoms with Gasteiger partial charge in [0.15, 0.2) is 6.61 Å². The summed E-state index contributed by atoms with van der Waals surface area (Å²) in [4.78, 5) is 16.4. The van der Waals surface area contributed by atoms with Crippen LogP contribution in [0.5, 0.6) is 11.5 Å². The summed E-state index contributed by atoms with van der Waals surface area (Å²) in [7, 11) is 1.44. The maximum Gasteiger partial charge on any atom is 0.422 e. The molecule has 0 fully saturated rings. The fourth-order valence-corrected chi connectivity index (χ4v) is 2.28. The van der Waals surface area contributed by atoms with E-state index in [0.717, 1.165) is 0 Å². The Balaban J connectivity index is 2.04. The van der Waals surface area contributed by atoms with Crippen LogP contribution >= 0.6 is 11.6 Å². The highest BCUT2D eigenvalue weighted by atomic mass is 35.5. The number of ether oxygens (including phenoxy) is 2. The second-order valence-electron chi connectivity index (χ2n) is 5.36. The molecule has 1 N–H and O–H groups in total. The minimum absolute atomic E-state index is 0.0129. The second kappa shape index (κ2) is 8.27. The van der Waals surface area contributed by atoms with E-state index >= 15 is 0 Å². The lowest BCUT2D eigenvalue weighted by molar-refractivity contribution is -0.153. The van der Waals surface area contributed by atoms with Gasteiger partial charge in [0, 0.05) is 5.02 Å². The van der Waals surface area contributed by atoms with Crippen LogP contribution in [0.25, 0.3) is 0 Å². The zero-order valence-electron chi connectivity index (χ0n) is 13.9. The first-order valence-corrected chi connectivity index (χ1v) is 7.87. The molecule has 1 aromatic carbocycles. The first-order chi connectivity index (χ1) is 12.2. The Morgan fingerprint density at radius 2 is 2.04 bits per heavy atom. The van der Waals surface area contributed by atoms with Gasteiger partial charge < -0.3 is 14.8 Å². The first kappa shape index (κ1) is 19.8. The van der Waals surface area contributed by atoms with Gasteiger partial charge in [-0.3, -0.25) is 9.78 Å². The summed E-state index contributed by atoms with van der Waals surface area (Å²) in [5, 5.41) is 3.11. The van der Waals surface area contributed by atoms with E-state index in [1.165, 1.54) is 31.5 Å². The number of carbonyl (C=O) groups excluding carboxylic acids is 1. The second-order valence-corrected chi connectivity index (χ2v) is 5.80. The van der Waals surface area contributed by atoms with Gasteiger partial charge in [-0.1, -0.05) is 11.6 Å². The lowest BCUT2D eigenvalue weighted by Crippen LogP contribution is -2.27. The number of nitrogens with one attached hydrogen (secondary N) is 1. The third-order valence-corrected chi connectivity index (χ3v) is 3.59. The van der Waals surface area contributed by atoms with E-state index in [9.17, 15) is 18.0 Å². The highest BCUT2D eigenvalue weighted by molar-refractivity contribution is 6.31. The molecule has 1 aromatic heterocycles. The summed E-state index contributed by atoms with van der Waals surface area (Å²) in [5.41, 5.74) is 0.718. The molecule has 1 atom stereocenters. The van der Waals surface area contributed by atoms with Crippen molar-refractivity contribution in [3.63, 3.8) is 0 Å². The summed E-state index contributed by atoms with van der Waals surface area (Å²) >= 11 is 5.91.